The van der Waals surface area contributed by atoms with Crippen molar-refractivity contribution in [3.63, 3.8) is 0 Å². The van der Waals surface area contributed by atoms with Gasteiger partial charge in [-0.15, -0.1) is 0 Å². The molecule has 1 aromatic rings. The first-order chi connectivity index (χ1) is 9.29. The highest BCUT2D eigenvalue weighted by molar-refractivity contribution is 9.10. The highest BCUT2D eigenvalue weighted by atomic mass is 79.9. The molecule has 0 aliphatic heterocycles. The summed E-state index contributed by atoms with van der Waals surface area (Å²) in [6.07, 6.45) is 2.59. The van der Waals surface area contributed by atoms with Crippen LogP contribution in [-0.2, 0) is 6.42 Å². The molecule has 0 spiro atoms. The molecule has 110 valence electrons. The molecule has 2 amide bonds. The van der Waals surface area contributed by atoms with Gasteiger partial charge < -0.3 is 10.6 Å². The summed E-state index contributed by atoms with van der Waals surface area (Å²) in [5.74, 6) is 0. The minimum Gasteiger partial charge on any atom is -0.338 e. The molecule has 0 bridgehead atoms. The number of urea groups is 1. The van der Waals surface area contributed by atoms with E-state index in [4.69, 9.17) is 0 Å². The van der Waals surface area contributed by atoms with Crippen LogP contribution in [0.5, 0.6) is 0 Å². The van der Waals surface area contributed by atoms with Crippen LogP contribution >= 0.6 is 15.9 Å². The molecule has 0 aromatic heterocycles. The van der Waals surface area contributed by atoms with Crippen molar-refractivity contribution in [2.24, 2.45) is 5.41 Å². The van der Waals surface area contributed by atoms with Gasteiger partial charge in [0.25, 0.3) is 0 Å². The van der Waals surface area contributed by atoms with E-state index in [0.29, 0.717) is 6.54 Å². The van der Waals surface area contributed by atoms with E-state index in [2.05, 4.69) is 47.3 Å². The maximum Gasteiger partial charge on any atom is 0.318 e. The Morgan fingerprint density at radius 1 is 1.25 bits per heavy atom. The largest absolute Gasteiger partial charge is 0.338 e. The third-order valence-corrected chi connectivity index (χ3v) is 3.74. The fraction of sp³-hybridized carbons (Fsp3) is 0.438. The molecule has 0 atom stereocenters. The van der Waals surface area contributed by atoms with Gasteiger partial charge in [-0.3, -0.25) is 0 Å². The Morgan fingerprint density at radius 3 is 2.40 bits per heavy atom. The highest BCUT2D eigenvalue weighted by Gasteiger charge is 2.12. The number of carbonyl (C=O) groups excluding carboxylic acids is 1. The second-order valence-corrected chi connectivity index (χ2v) is 6.77. The zero-order chi connectivity index (χ0) is 15.2. The van der Waals surface area contributed by atoms with E-state index in [1.165, 1.54) is 5.56 Å². The minimum atomic E-state index is -0.161. The average Bonchev–Trinajstić information content (AvgIpc) is 2.37. The third kappa shape index (κ3) is 6.24. The van der Waals surface area contributed by atoms with Crippen molar-refractivity contribution in [1.29, 1.82) is 0 Å². The number of rotatable bonds is 4. The quantitative estimate of drug-likeness (QED) is 0.846. The molecule has 0 radical (unpaired) electrons. The monoisotopic (exact) mass is 338 g/mol. The fourth-order valence-electron chi connectivity index (χ4n) is 1.41. The predicted molar refractivity (Wildman–Crippen MR) is 87.6 cm³/mol. The number of hydrogen-bond donors (Lipinski definition) is 2. The molecule has 0 aliphatic carbocycles. The summed E-state index contributed by atoms with van der Waals surface area (Å²) >= 11 is 3.40. The van der Waals surface area contributed by atoms with Crippen molar-refractivity contribution in [3.05, 3.63) is 46.1 Å². The smallest absolute Gasteiger partial charge is 0.318 e. The summed E-state index contributed by atoms with van der Waals surface area (Å²) in [6.45, 7) is 8.99. The zero-order valence-corrected chi connectivity index (χ0v) is 14.2. The minimum absolute atomic E-state index is 0.0741. The maximum absolute atomic E-state index is 11.6. The van der Waals surface area contributed by atoms with Crippen LogP contribution in [-0.4, -0.2) is 12.6 Å². The fourth-order valence-corrected chi connectivity index (χ4v) is 1.68. The van der Waals surface area contributed by atoms with Gasteiger partial charge in [-0.1, -0.05) is 54.4 Å². The van der Waals surface area contributed by atoms with Crippen molar-refractivity contribution in [3.8, 4) is 0 Å². The van der Waals surface area contributed by atoms with Crippen LogP contribution in [0.1, 0.15) is 33.3 Å². The molecular weight excluding hydrogens is 316 g/mol. The van der Waals surface area contributed by atoms with E-state index in [0.717, 1.165) is 16.5 Å². The van der Waals surface area contributed by atoms with Crippen molar-refractivity contribution in [2.45, 2.75) is 34.1 Å². The summed E-state index contributed by atoms with van der Waals surface area (Å²) in [5, 5.41) is 5.61. The van der Waals surface area contributed by atoms with Crippen LogP contribution < -0.4 is 10.6 Å². The number of allylic oxidation sites excluding steroid dienone is 1. The molecule has 0 aliphatic rings. The van der Waals surface area contributed by atoms with Crippen LogP contribution in [0.3, 0.4) is 0 Å². The standard InChI is InChI=1S/C16H23BrN2O/c1-12(16(2,3)4)11-19-15(20)18-10-9-13-5-7-14(17)8-6-13/h5-8,11H,9-10H2,1-4H3,(H2,18,19,20)/b12-11+. The van der Waals surface area contributed by atoms with E-state index in [9.17, 15) is 4.79 Å². The number of halogens is 1. The SMILES string of the molecule is C/C(=C\NC(=O)NCCc1ccc(Br)cc1)C(C)(C)C. The van der Waals surface area contributed by atoms with Crippen molar-refractivity contribution in [2.75, 3.05) is 6.54 Å². The first kappa shape index (κ1) is 16.8. The van der Waals surface area contributed by atoms with E-state index in [-0.39, 0.29) is 11.4 Å². The van der Waals surface area contributed by atoms with E-state index in [1.54, 1.807) is 6.20 Å². The Labute approximate surface area is 130 Å². The van der Waals surface area contributed by atoms with Crippen LogP contribution in [0, 0.1) is 5.41 Å². The summed E-state index contributed by atoms with van der Waals surface area (Å²) in [5.41, 5.74) is 2.42. The Bertz CT molecular complexity index is 472. The van der Waals surface area contributed by atoms with Crippen LogP contribution in [0.2, 0.25) is 0 Å². The summed E-state index contributed by atoms with van der Waals surface area (Å²) in [7, 11) is 0. The van der Waals surface area contributed by atoms with E-state index in [1.807, 2.05) is 31.2 Å². The molecule has 0 saturated carbocycles. The maximum atomic E-state index is 11.6. The number of carbonyl (C=O) groups is 1. The lowest BCUT2D eigenvalue weighted by molar-refractivity contribution is 0.244. The molecule has 4 heteroatoms. The van der Waals surface area contributed by atoms with Gasteiger partial charge in [0.2, 0.25) is 0 Å². The van der Waals surface area contributed by atoms with E-state index >= 15 is 0 Å². The van der Waals surface area contributed by atoms with Gasteiger partial charge in [0, 0.05) is 17.2 Å². The lowest BCUT2D eigenvalue weighted by Crippen LogP contribution is -2.34. The molecule has 0 saturated heterocycles. The van der Waals surface area contributed by atoms with Crippen molar-refractivity contribution < 1.29 is 4.79 Å². The molecule has 3 nitrogen and oxygen atoms in total. The number of benzene rings is 1. The van der Waals surface area contributed by atoms with Gasteiger partial charge in [0.1, 0.15) is 0 Å². The molecule has 20 heavy (non-hydrogen) atoms. The zero-order valence-electron chi connectivity index (χ0n) is 12.6. The average molecular weight is 339 g/mol. The third-order valence-electron chi connectivity index (χ3n) is 3.22. The predicted octanol–water partition coefficient (Wildman–Crippen LogP) is 4.24. The summed E-state index contributed by atoms with van der Waals surface area (Å²) < 4.78 is 1.06. The second-order valence-electron chi connectivity index (χ2n) is 5.85. The Balaban J connectivity index is 2.32. The van der Waals surface area contributed by atoms with Crippen molar-refractivity contribution >= 4 is 22.0 Å². The second kappa shape index (κ2) is 7.48. The molecule has 2 N–H and O–H groups in total. The number of amides is 2. The summed E-state index contributed by atoms with van der Waals surface area (Å²) in [6, 6.07) is 7.95. The number of hydrogen-bond acceptors (Lipinski definition) is 1. The van der Waals surface area contributed by atoms with Gasteiger partial charge in [-0.25, -0.2) is 4.79 Å². The Morgan fingerprint density at radius 2 is 1.85 bits per heavy atom. The number of nitrogens with one attached hydrogen (secondary N) is 2. The van der Waals surface area contributed by atoms with Crippen LogP contribution in [0.4, 0.5) is 4.79 Å². The molecule has 1 aromatic carbocycles. The first-order valence-electron chi connectivity index (χ1n) is 6.75. The molecular formula is C16H23BrN2O. The molecule has 0 unspecified atom stereocenters. The molecule has 0 heterocycles. The molecule has 1 rings (SSSR count). The Kier molecular flexibility index (Phi) is 6.27. The van der Waals surface area contributed by atoms with Crippen LogP contribution in [0.25, 0.3) is 0 Å². The van der Waals surface area contributed by atoms with Gasteiger partial charge in [-0.2, -0.15) is 0 Å². The lowest BCUT2D eigenvalue weighted by atomic mass is 9.88. The normalized spacial score (nSPS) is 12.2. The van der Waals surface area contributed by atoms with Gasteiger partial charge in [0.15, 0.2) is 0 Å². The highest BCUT2D eigenvalue weighted by Crippen LogP contribution is 2.23. The van der Waals surface area contributed by atoms with Gasteiger partial charge in [0.05, 0.1) is 0 Å². The first-order valence-corrected chi connectivity index (χ1v) is 7.54. The van der Waals surface area contributed by atoms with Gasteiger partial charge in [-0.05, 0) is 36.5 Å². The van der Waals surface area contributed by atoms with Crippen LogP contribution in [0.15, 0.2) is 40.5 Å². The Hall–Kier alpha value is -1.29. The van der Waals surface area contributed by atoms with E-state index < -0.39 is 0 Å². The summed E-state index contributed by atoms with van der Waals surface area (Å²) in [4.78, 5) is 11.6. The van der Waals surface area contributed by atoms with Crippen molar-refractivity contribution in [1.82, 2.24) is 10.6 Å². The lowest BCUT2D eigenvalue weighted by Gasteiger charge is -2.19. The topological polar surface area (TPSA) is 41.1 Å². The molecule has 0 fully saturated rings. The van der Waals surface area contributed by atoms with Gasteiger partial charge >= 0.3 is 6.03 Å².